The van der Waals surface area contributed by atoms with Crippen molar-refractivity contribution in [3.05, 3.63) is 52.8 Å². The van der Waals surface area contributed by atoms with Crippen molar-refractivity contribution in [1.29, 1.82) is 0 Å². The Morgan fingerprint density at radius 1 is 1.30 bits per heavy atom. The summed E-state index contributed by atoms with van der Waals surface area (Å²) in [4.78, 5) is 19.2. The molecule has 1 amide bonds. The molecule has 0 saturated carbocycles. The molecule has 0 fully saturated rings. The second kappa shape index (κ2) is 5.09. The lowest BCUT2D eigenvalue weighted by Crippen LogP contribution is -2.41. The first-order valence-corrected chi connectivity index (χ1v) is 7.90. The number of aromatic nitrogens is 4. The van der Waals surface area contributed by atoms with Crippen LogP contribution in [0.1, 0.15) is 35.0 Å². The second-order valence-corrected chi connectivity index (χ2v) is 6.29. The third kappa shape index (κ3) is 2.30. The van der Waals surface area contributed by atoms with E-state index in [1.165, 1.54) is 0 Å². The number of imidazole rings is 1. The van der Waals surface area contributed by atoms with Gasteiger partial charge in [0.05, 0.1) is 22.3 Å². The summed E-state index contributed by atoms with van der Waals surface area (Å²) < 4.78 is 3.75. The average Bonchev–Trinajstić information content (AvgIpc) is 3.09. The molecule has 0 aromatic carbocycles. The summed E-state index contributed by atoms with van der Waals surface area (Å²) in [5.74, 6) is 0.845. The maximum Gasteiger partial charge on any atom is 0.275 e. The number of hydrogen-bond acceptors (Lipinski definition) is 3. The molecular formula is C16H16ClN5O. The molecule has 0 aliphatic carbocycles. The first-order chi connectivity index (χ1) is 11.0. The Labute approximate surface area is 138 Å². The largest absolute Gasteiger partial charge is 0.331 e. The molecule has 3 aromatic rings. The van der Waals surface area contributed by atoms with Gasteiger partial charge in [-0.15, -0.1) is 0 Å². The minimum atomic E-state index is -0.0794. The molecule has 1 atom stereocenters. The van der Waals surface area contributed by atoms with Crippen molar-refractivity contribution in [2.75, 3.05) is 6.54 Å². The van der Waals surface area contributed by atoms with Crippen molar-refractivity contribution >= 4 is 23.0 Å². The van der Waals surface area contributed by atoms with Crippen LogP contribution in [-0.2, 0) is 6.54 Å². The van der Waals surface area contributed by atoms with Gasteiger partial charge in [0.25, 0.3) is 5.91 Å². The minimum absolute atomic E-state index is 0.0710. The minimum Gasteiger partial charge on any atom is -0.331 e. The number of nitrogens with zero attached hydrogens (tertiary/aromatic N) is 5. The predicted molar refractivity (Wildman–Crippen MR) is 86.6 cm³/mol. The molecule has 4 rings (SSSR count). The number of carbonyl (C=O) groups is 1. The molecule has 0 radical (unpaired) electrons. The van der Waals surface area contributed by atoms with Gasteiger partial charge in [-0.25, -0.2) is 9.50 Å². The molecule has 0 spiro atoms. The SMILES string of the molecule is Cc1cn2c(n1)C(C)N(C(=O)c1cc3ccc(Cl)cn3n1)CC2. The van der Waals surface area contributed by atoms with Gasteiger partial charge in [0, 0.05) is 25.5 Å². The highest BCUT2D eigenvalue weighted by atomic mass is 35.5. The van der Waals surface area contributed by atoms with Crippen LogP contribution in [0.2, 0.25) is 5.02 Å². The summed E-state index contributed by atoms with van der Waals surface area (Å²) in [5, 5.41) is 4.94. The van der Waals surface area contributed by atoms with Gasteiger partial charge in [-0.2, -0.15) is 5.10 Å². The Balaban J connectivity index is 1.68. The van der Waals surface area contributed by atoms with E-state index in [2.05, 4.69) is 14.6 Å². The second-order valence-electron chi connectivity index (χ2n) is 5.85. The predicted octanol–water partition coefficient (Wildman–Crippen LogP) is 2.71. The molecule has 1 aliphatic rings. The van der Waals surface area contributed by atoms with Gasteiger partial charge >= 0.3 is 0 Å². The van der Waals surface area contributed by atoms with Gasteiger partial charge < -0.3 is 9.47 Å². The Hall–Kier alpha value is -2.34. The number of fused-ring (bicyclic) bond motifs is 2. The highest BCUT2D eigenvalue weighted by Gasteiger charge is 2.31. The summed E-state index contributed by atoms with van der Waals surface area (Å²) in [6.45, 7) is 5.38. The van der Waals surface area contributed by atoms with Crippen molar-refractivity contribution in [2.24, 2.45) is 0 Å². The molecule has 1 aliphatic heterocycles. The van der Waals surface area contributed by atoms with E-state index in [-0.39, 0.29) is 11.9 Å². The highest BCUT2D eigenvalue weighted by molar-refractivity contribution is 6.30. The van der Waals surface area contributed by atoms with Crippen molar-refractivity contribution in [1.82, 2.24) is 24.1 Å². The zero-order valence-corrected chi connectivity index (χ0v) is 13.7. The molecule has 3 aromatic heterocycles. The van der Waals surface area contributed by atoms with E-state index in [4.69, 9.17) is 11.6 Å². The average molecular weight is 330 g/mol. The third-order valence-electron chi connectivity index (χ3n) is 4.25. The van der Waals surface area contributed by atoms with Gasteiger partial charge in [0.2, 0.25) is 0 Å². The van der Waals surface area contributed by atoms with Crippen molar-refractivity contribution in [2.45, 2.75) is 26.4 Å². The molecule has 6 nitrogen and oxygen atoms in total. The van der Waals surface area contributed by atoms with Gasteiger partial charge in [-0.05, 0) is 32.0 Å². The first kappa shape index (κ1) is 14.3. The number of hydrogen-bond donors (Lipinski definition) is 0. The van der Waals surface area contributed by atoms with Crippen LogP contribution in [0.5, 0.6) is 0 Å². The van der Waals surface area contributed by atoms with E-state index in [0.29, 0.717) is 17.3 Å². The first-order valence-electron chi connectivity index (χ1n) is 7.52. The van der Waals surface area contributed by atoms with Gasteiger partial charge in [-0.3, -0.25) is 4.79 Å². The topological polar surface area (TPSA) is 55.4 Å². The lowest BCUT2D eigenvalue weighted by molar-refractivity contribution is 0.0631. The molecule has 23 heavy (non-hydrogen) atoms. The number of halogens is 1. The van der Waals surface area contributed by atoms with E-state index in [0.717, 1.165) is 23.6 Å². The fraction of sp³-hybridized carbons (Fsp3) is 0.312. The van der Waals surface area contributed by atoms with Crippen molar-refractivity contribution in [3.63, 3.8) is 0 Å². The third-order valence-corrected chi connectivity index (χ3v) is 4.48. The Morgan fingerprint density at radius 3 is 2.96 bits per heavy atom. The summed E-state index contributed by atoms with van der Waals surface area (Å²) >= 11 is 5.97. The van der Waals surface area contributed by atoms with E-state index >= 15 is 0 Å². The van der Waals surface area contributed by atoms with Crippen LogP contribution in [0.4, 0.5) is 0 Å². The molecule has 1 unspecified atom stereocenters. The molecule has 118 valence electrons. The summed E-state index contributed by atoms with van der Waals surface area (Å²) in [7, 11) is 0. The fourth-order valence-electron chi connectivity index (χ4n) is 3.12. The molecular weight excluding hydrogens is 314 g/mol. The van der Waals surface area contributed by atoms with Gasteiger partial charge in [0.15, 0.2) is 5.69 Å². The maximum absolute atomic E-state index is 12.9. The standard InChI is InChI=1S/C16H16ClN5O/c1-10-8-20-5-6-21(11(2)15(20)18-10)16(23)14-7-13-4-3-12(17)9-22(13)19-14/h3-4,7-9,11H,5-6H2,1-2H3. The van der Waals surface area contributed by atoms with Crippen LogP contribution in [0.15, 0.2) is 30.6 Å². The number of amides is 1. The normalized spacial score (nSPS) is 17.5. The number of rotatable bonds is 1. The Bertz CT molecular complexity index is 912. The van der Waals surface area contributed by atoms with E-state index < -0.39 is 0 Å². The van der Waals surface area contributed by atoms with Crippen LogP contribution in [0, 0.1) is 6.92 Å². The van der Waals surface area contributed by atoms with Crippen LogP contribution in [-0.4, -0.2) is 36.5 Å². The number of pyridine rings is 1. The van der Waals surface area contributed by atoms with Crippen LogP contribution in [0.25, 0.3) is 5.52 Å². The summed E-state index contributed by atoms with van der Waals surface area (Å²) in [5.41, 5.74) is 2.25. The zero-order chi connectivity index (χ0) is 16.1. The van der Waals surface area contributed by atoms with Crippen molar-refractivity contribution in [3.8, 4) is 0 Å². The quantitative estimate of drug-likeness (QED) is 0.689. The van der Waals surface area contributed by atoms with Gasteiger partial charge in [-0.1, -0.05) is 11.6 Å². The molecule has 0 saturated heterocycles. The zero-order valence-electron chi connectivity index (χ0n) is 12.9. The molecule has 4 heterocycles. The van der Waals surface area contributed by atoms with Gasteiger partial charge in [0.1, 0.15) is 5.82 Å². The highest BCUT2D eigenvalue weighted by Crippen LogP contribution is 2.26. The molecule has 0 N–H and O–H groups in total. The number of aryl methyl sites for hydroxylation is 1. The number of carbonyl (C=O) groups excluding carboxylic acids is 1. The van der Waals surface area contributed by atoms with E-state index in [1.807, 2.05) is 31.0 Å². The lowest BCUT2D eigenvalue weighted by Gasteiger charge is -2.33. The molecule has 7 heteroatoms. The van der Waals surface area contributed by atoms with Crippen LogP contribution in [0.3, 0.4) is 0 Å². The Morgan fingerprint density at radius 2 is 2.13 bits per heavy atom. The Kier molecular flexibility index (Phi) is 3.16. The monoisotopic (exact) mass is 329 g/mol. The van der Waals surface area contributed by atoms with Crippen molar-refractivity contribution < 1.29 is 4.79 Å². The van der Waals surface area contributed by atoms with E-state index in [1.54, 1.807) is 22.8 Å². The van der Waals surface area contributed by atoms with Crippen LogP contribution >= 0.6 is 11.6 Å². The lowest BCUT2D eigenvalue weighted by atomic mass is 10.2. The summed E-state index contributed by atoms with van der Waals surface area (Å²) in [6, 6.07) is 5.36. The van der Waals surface area contributed by atoms with Crippen LogP contribution < -0.4 is 0 Å². The maximum atomic E-state index is 12.9. The fourth-order valence-corrected chi connectivity index (χ4v) is 3.27. The van der Waals surface area contributed by atoms with E-state index in [9.17, 15) is 4.79 Å². The smallest absolute Gasteiger partial charge is 0.275 e. The molecule has 0 bridgehead atoms. The summed E-state index contributed by atoms with van der Waals surface area (Å²) in [6.07, 6.45) is 3.73.